The number of para-hydroxylation sites is 1. The molecule has 0 fully saturated rings. The first kappa shape index (κ1) is 8.36. The number of phenolic OH excluding ortho intramolecular Hbond substituents is 1. The molecule has 0 aliphatic rings. The average Bonchev–Trinajstić information content (AvgIpc) is 2.58. The molecule has 0 unspecified atom stereocenters. The van der Waals surface area contributed by atoms with E-state index in [0.29, 0.717) is 0 Å². The minimum Gasteiger partial charge on any atom is -0.508 e. The van der Waals surface area contributed by atoms with Crippen LogP contribution in [0.25, 0.3) is 21.9 Å². The van der Waals surface area contributed by atoms with Crippen molar-refractivity contribution >= 4 is 21.9 Å². The second-order valence-electron chi connectivity index (χ2n) is 3.73. The third-order valence-electron chi connectivity index (χ3n) is 2.68. The van der Waals surface area contributed by atoms with Gasteiger partial charge < -0.3 is 9.52 Å². The van der Waals surface area contributed by atoms with Gasteiger partial charge in [0.05, 0.1) is 0 Å². The highest BCUT2D eigenvalue weighted by atomic mass is 16.3. The van der Waals surface area contributed by atoms with Gasteiger partial charge in [-0.15, -0.1) is 0 Å². The van der Waals surface area contributed by atoms with Gasteiger partial charge in [0.2, 0.25) is 0 Å². The normalized spacial score (nSPS) is 11.3. The molecule has 3 aromatic rings. The van der Waals surface area contributed by atoms with Gasteiger partial charge in [-0.25, -0.2) is 0 Å². The number of benzene rings is 2. The smallest absolute Gasteiger partial charge is 0.138 e. The molecular formula is C13H10O2. The first-order valence-electron chi connectivity index (χ1n) is 4.86. The molecular weight excluding hydrogens is 188 g/mol. The molecule has 2 aromatic carbocycles. The van der Waals surface area contributed by atoms with E-state index >= 15 is 0 Å². The molecule has 0 spiro atoms. The molecule has 0 bridgehead atoms. The van der Waals surface area contributed by atoms with E-state index in [9.17, 15) is 5.11 Å². The van der Waals surface area contributed by atoms with Crippen LogP contribution in [0.5, 0.6) is 5.75 Å². The fourth-order valence-electron chi connectivity index (χ4n) is 1.93. The summed E-state index contributed by atoms with van der Waals surface area (Å²) in [6, 6.07) is 11.2. The number of furan rings is 1. The van der Waals surface area contributed by atoms with Crippen molar-refractivity contribution in [1.29, 1.82) is 0 Å². The van der Waals surface area contributed by atoms with Gasteiger partial charge in [-0.05, 0) is 30.7 Å². The zero-order valence-electron chi connectivity index (χ0n) is 8.32. The molecule has 0 radical (unpaired) electrons. The molecule has 0 amide bonds. The lowest BCUT2D eigenvalue weighted by atomic mass is 10.1. The van der Waals surface area contributed by atoms with Crippen molar-refractivity contribution in [2.24, 2.45) is 0 Å². The molecule has 3 rings (SSSR count). The van der Waals surface area contributed by atoms with Gasteiger partial charge in [0.15, 0.2) is 0 Å². The quantitative estimate of drug-likeness (QED) is 0.598. The molecule has 2 heteroatoms. The Balaban J connectivity index is 2.58. The minimum atomic E-state index is 0.270. The maximum Gasteiger partial charge on any atom is 0.138 e. The van der Waals surface area contributed by atoms with Gasteiger partial charge >= 0.3 is 0 Å². The van der Waals surface area contributed by atoms with Crippen LogP contribution in [0.3, 0.4) is 0 Å². The van der Waals surface area contributed by atoms with E-state index < -0.39 is 0 Å². The fourth-order valence-corrected chi connectivity index (χ4v) is 1.93. The Bertz CT molecular complexity index is 650. The zero-order chi connectivity index (χ0) is 10.4. The number of aryl methyl sites for hydroxylation is 1. The van der Waals surface area contributed by atoms with Crippen LogP contribution in [0.1, 0.15) is 5.56 Å². The highest BCUT2D eigenvalue weighted by Gasteiger charge is 2.08. The lowest BCUT2D eigenvalue weighted by molar-refractivity contribution is 0.476. The Morgan fingerprint density at radius 1 is 1.07 bits per heavy atom. The van der Waals surface area contributed by atoms with Crippen molar-refractivity contribution in [1.82, 2.24) is 0 Å². The first-order valence-corrected chi connectivity index (χ1v) is 4.86. The van der Waals surface area contributed by atoms with Crippen molar-refractivity contribution < 1.29 is 9.52 Å². The predicted octanol–water partition coefficient (Wildman–Crippen LogP) is 3.60. The summed E-state index contributed by atoms with van der Waals surface area (Å²) in [5.74, 6) is 0.270. The molecule has 1 heterocycles. The summed E-state index contributed by atoms with van der Waals surface area (Å²) in [5, 5.41) is 11.5. The predicted molar refractivity (Wildman–Crippen MR) is 60.1 cm³/mol. The zero-order valence-corrected chi connectivity index (χ0v) is 8.32. The molecule has 1 aromatic heterocycles. The van der Waals surface area contributed by atoms with E-state index in [2.05, 4.69) is 0 Å². The SMILES string of the molecule is Cc1cccc2c1oc1ccc(O)cc12. The summed E-state index contributed by atoms with van der Waals surface area (Å²) in [4.78, 5) is 0. The maximum absolute atomic E-state index is 9.44. The number of rotatable bonds is 0. The van der Waals surface area contributed by atoms with Crippen LogP contribution >= 0.6 is 0 Å². The largest absolute Gasteiger partial charge is 0.508 e. The summed E-state index contributed by atoms with van der Waals surface area (Å²) in [6.45, 7) is 2.02. The van der Waals surface area contributed by atoms with Crippen LogP contribution < -0.4 is 0 Å². The molecule has 2 nitrogen and oxygen atoms in total. The number of hydrogen-bond donors (Lipinski definition) is 1. The summed E-state index contributed by atoms with van der Waals surface area (Å²) >= 11 is 0. The molecule has 1 N–H and O–H groups in total. The van der Waals surface area contributed by atoms with Gasteiger partial charge in [0, 0.05) is 10.8 Å². The van der Waals surface area contributed by atoms with E-state index in [4.69, 9.17) is 4.42 Å². The number of aromatic hydroxyl groups is 1. The van der Waals surface area contributed by atoms with Crippen LogP contribution in [0.15, 0.2) is 40.8 Å². The van der Waals surface area contributed by atoms with Gasteiger partial charge in [-0.2, -0.15) is 0 Å². The van der Waals surface area contributed by atoms with Crippen LogP contribution in [0.4, 0.5) is 0 Å². The Labute approximate surface area is 86.7 Å². The highest BCUT2D eigenvalue weighted by Crippen LogP contribution is 2.32. The van der Waals surface area contributed by atoms with Crippen molar-refractivity contribution in [3.8, 4) is 5.75 Å². The second kappa shape index (κ2) is 2.76. The minimum absolute atomic E-state index is 0.270. The first-order chi connectivity index (χ1) is 7.25. The van der Waals surface area contributed by atoms with Crippen molar-refractivity contribution in [3.63, 3.8) is 0 Å². The standard InChI is InChI=1S/C13H10O2/c1-8-3-2-4-10-11-7-9(14)5-6-12(11)15-13(8)10/h2-7,14H,1H3. The van der Waals surface area contributed by atoms with Crippen LogP contribution in [0.2, 0.25) is 0 Å². The van der Waals surface area contributed by atoms with Gasteiger partial charge in [-0.3, -0.25) is 0 Å². The summed E-state index contributed by atoms with van der Waals surface area (Å²) < 4.78 is 5.73. The average molecular weight is 198 g/mol. The van der Waals surface area contributed by atoms with Crippen LogP contribution in [0, 0.1) is 6.92 Å². The monoisotopic (exact) mass is 198 g/mol. The highest BCUT2D eigenvalue weighted by molar-refractivity contribution is 6.06. The Kier molecular flexibility index (Phi) is 1.54. The summed E-state index contributed by atoms with van der Waals surface area (Å²) in [5.41, 5.74) is 2.83. The van der Waals surface area contributed by atoms with E-state index in [-0.39, 0.29) is 5.75 Å². The Morgan fingerprint density at radius 3 is 2.80 bits per heavy atom. The lowest BCUT2D eigenvalue weighted by Crippen LogP contribution is -1.71. The third-order valence-corrected chi connectivity index (χ3v) is 2.68. The molecule has 0 aliphatic heterocycles. The summed E-state index contributed by atoms with van der Waals surface area (Å²) in [6.07, 6.45) is 0. The van der Waals surface area contributed by atoms with Gasteiger partial charge in [0.25, 0.3) is 0 Å². The van der Waals surface area contributed by atoms with Crippen molar-refractivity contribution in [2.45, 2.75) is 6.92 Å². The molecule has 0 saturated carbocycles. The van der Waals surface area contributed by atoms with Crippen LogP contribution in [-0.4, -0.2) is 5.11 Å². The van der Waals surface area contributed by atoms with E-state index in [0.717, 1.165) is 27.5 Å². The van der Waals surface area contributed by atoms with Crippen molar-refractivity contribution in [2.75, 3.05) is 0 Å². The number of phenols is 1. The maximum atomic E-state index is 9.44. The summed E-state index contributed by atoms with van der Waals surface area (Å²) in [7, 11) is 0. The molecule has 0 saturated heterocycles. The number of fused-ring (bicyclic) bond motifs is 3. The van der Waals surface area contributed by atoms with E-state index in [1.165, 1.54) is 0 Å². The molecule has 15 heavy (non-hydrogen) atoms. The Hall–Kier alpha value is -1.96. The van der Waals surface area contributed by atoms with Crippen LogP contribution in [-0.2, 0) is 0 Å². The topological polar surface area (TPSA) is 33.4 Å². The lowest BCUT2D eigenvalue weighted by Gasteiger charge is -1.92. The fraction of sp³-hybridized carbons (Fsp3) is 0.0769. The van der Waals surface area contributed by atoms with E-state index in [1.807, 2.05) is 25.1 Å². The van der Waals surface area contributed by atoms with Gasteiger partial charge in [-0.1, -0.05) is 18.2 Å². The van der Waals surface area contributed by atoms with Gasteiger partial charge in [0.1, 0.15) is 16.9 Å². The molecule has 0 aliphatic carbocycles. The molecule has 0 atom stereocenters. The van der Waals surface area contributed by atoms with Crippen molar-refractivity contribution in [3.05, 3.63) is 42.0 Å². The second-order valence-corrected chi connectivity index (χ2v) is 3.73. The Morgan fingerprint density at radius 2 is 1.93 bits per heavy atom. The molecule has 74 valence electrons. The van der Waals surface area contributed by atoms with E-state index in [1.54, 1.807) is 18.2 Å². The third kappa shape index (κ3) is 1.11. The number of hydrogen-bond acceptors (Lipinski definition) is 2.